The molecule has 0 amide bonds. The van der Waals surface area contributed by atoms with E-state index in [0.717, 1.165) is 22.3 Å². The zero-order chi connectivity index (χ0) is 18.4. The maximum Gasteiger partial charge on any atom is 0.288 e. The van der Waals surface area contributed by atoms with Crippen molar-refractivity contribution in [1.82, 2.24) is 30.4 Å². The van der Waals surface area contributed by atoms with Gasteiger partial charge in [0.15, 0.2) is 0 Å². The van der Waals surface area contributed by atoms with Crippen molar-refractivity contribution >= 4 is 11.6 Å². The molecule has 1 atom stereocenters. The zero-order valence-electron chi connectivity index (χ0n) is 14.4. The number of hydrogen-bond acceptors (Lipinski definition) is 6. The van der Waals surface area contributed by atoms with E-state index >= 15 is 0 Å². The molecule has 0 saturated heterocycles. The predicted molar refractivity (Wildman–Crippen MR) is 99.8 cm³/mol. The molecule has 0 fully saturated rings. The van der Waals surface area contributed by atoms with E-state index in [1.54, 1.807) is 4.68 Å². The van der Waals surface area contributed by atoms with Crippen molar-refractivity contribution in [3.05, 3.63) is 81.6 Å². The van der Waals surface area contributed by atoms with Gasteiger partial charge < -0.3 is 5.32 Å². The fraction of sp³-hybridized carbons (Fsp3) is 0.105. The van der Waals surface area contributed by atoms with Crippen molar-refractivity contribution in [1.29, 1.82) is 0 Å². The number of nitrogens with one attached hydrogen (secondary N) is 2. The smallest absolute Gasteiger partial charge is 0.288 e. The maximum atomic E-state index is 12.6. The molecular weight excluding hydrogens is 342 g/mol. The molecule has 0 bridgehead atoms. The van der Waals surface area contributed by atoms with Crippen molar-refractivity contribution in [2.45, 2.75) is 13.0 Å². The Morgan fingerprint density at radius 3 is 2.59 bits per heavy atom. The van der Waals surface area contributed by atoms with Crippen LogP contribution < -0.4 is 10.9 Å². The number of hydrogen-bond donors (Lipinski definition) is 2. The van der Waals surface area contributed by atoms with E-state index in [2.05, 4.69) is 31.0 Å². The zero-order valence-corrected chi connectivity index (χ0v) is 14.4. The van der Waals surface area contributed by atoms with Crippen molar-refractivity contribution < 1.29 is 0 Å². The summed E-state index contributed by atoms with van der Waals surface area (Å²) in [7, 11) is 0. The van der Waals surface area contributed by atoms with Crippen LogP contribution in [0.5, 0.6) is 0 Å². The van der Waals surface area contributed by atoms with Gasteiger partial charge in [-0.15, -0.1) is 0 Å². The largest absolute Gasteiger partial charge is 0.318 e. The minimum atomic E-state index is -0.364. The van der Waals surface area contributed by atoms with E-state index in [4.69, 9.17) is 0 Å². The Morgan fingerprint density at radius 2 is 1.81 bits per heavy atom. The second-order valence-electron chi connectivity index (χ2n) is 6.44. The SMILES string of the molecule is Cc1ccc([C@@H]2c3c(-c4ccccc4)n[nH]c(=O)c3Nc3nnnn32)cc1. The Bertz CT molecular complexity index is 1180. The van der Waals surface area contributed by atoms with E-state index in [-0.39, 0.29) is 11.6 Å². The Balaban J connectivity index is 1.83. The number of aromatic amines is 1. The average molecular weight is 357 g/mol. The lowest BCUT2D eigenvalue weighted by atomic mass is 9.92. The standard InChI is InChI=1S/C19H15N7O/c1-11-7-9-13(10-8-11)17-14-15(12-5-3-2-4-6-12)21-22-18(27)16(14)20-19-23-24-25-26(17)19/h2-10,17H,1H3,(H,22,27)(H,20,23,25)/t17-/m1/s1. The first-order valence-corrected chi connectivity index (χ1v) is 8.52. The molecular formula is C19H15N7O. The van der Waals surface area contributed by atoms with Gasteiger partial charge in [-0.3, -0.25) is 4.79 Å². The predicted octanol–water partition coefficient (Wildman–Crippen LogP) is 2.43. The van der Waals surface area contributed by atoms with Gasteiger partial charge in [0.2, 0.25) is 5.95 Å². The van der Waals surface area contributed by atoms with Gasteiger partial charge >= 0.3 is 0 Å². The number of rotatable bonds is 2. The van der Waals surface area contributed by atoms with Crippen LogP contribution in [-0.4, -0.2) is 30.4 Å². The van der Waals surface area contributed by atoms with Gasteiger partial charge in [-0.1, -0.05) is 65.3 Å². The van der Waals surface area contributed by atoms with Gasteiger partial charge in [0.05, 0.1) is 5.69 Å². The normalized spacial score (nSPS) is 14.9. The minimum Gasteiger partial charge on any atom is -0.318 e. The van der Waals surface area contributed by atoms with Crippen molar-refractivity contribution in [2.75, 3.05) is 5.32 Å². The molecule has 8 nitrogen and oxygen atoms in total. The summed E-state index contributed by atoms with van der Waals surface area (Å²) < 4.78 is 1.68. The Morgan fingerprint density at radius 1 is 1.04 bits per heavy atom. The molecule has 0 saturated carbocycles. The minimum absolute atomic E-state index is 0.309. The molecule has 2 N–H and O–H groups in total. The van der Waals surface area contributed by atoms with Crippen LogP contribution >= 0.6 is 0 Å². The molecule has 27 heavy (non-hydrogen) atoms. The third-order valence-electron chi connectivity index (χ3n) is 4.71. The summed E-state index contributed by atoms with van der Waals surface area (Å²) in [5.41, 5.74) is 4.56. The molecule has 0 spiro atoms. The van der Waals surface area contributed by atoms with E-state index in [1.165, 1.54) is 0 Å². The second kappa shape index (κ2) is 5.87. The average Bonchev–Trinajstić information content (AvgIpc) is 3.17. The van der Waals surface area contributed by atoms with Crippen LogP contribution in [-0.2, 0) is 0 Å². The van der Waals surface area contributed by atoms with Crippen LogP contribution in [0.4, 0.5) is 11.6 Å². The number of tetrazole rings is 1. The van der Waals surface area contributed by atoms with Crippen molar-refractivity contribution in [3.8, 4) is 11.3 Å². The highest BCUT2D eigenvalue weighted by atomic mass is 16.1. The Hall–Kier alpha value is -3.81. The first-order chi connectivity index (χ1) is 13.2. The van der Waals surface area contributed by atoms with Crippen molar-refractivity contribution in [3.63, 3.8) is 0 Å². The molecule has 2 aromatic carbocycles. The number of nitrogens with zero attached hydrogens (tertiary/aromatic N) is 5. The molecule has 8 heteroatoms. The monoisotopic (exact) mass is 357 g/mol. The van der Waals surface area contributed by atoms with Crippen molar-refractivity contribution in [2.24, 2.45) is 0 Å². The lowest BCUT2D eigenvalue weighted by Crippen LogP contribution is -2.29. The van der Waals surface area contributed by atoms with Crippen LogP contribution in [0.25, 0.3) is 11.3 Å². The van der Waals surface area contributed by atoms with Gasteiger partial charge in [0, 0.05) is 11.1 Å². The molecule has 132 valence electrons. The quantitative estimate of drug-likeness (QED) is 0.503. The number of aryl methyl sites for hydroxylation is 1. The van der Waals surface area contributed by atoms with Crippen LogP contribution in [0.3, 0.4) is 0 Å². The summed E-state index contributed by atoms with van der Waals surface area (Å²) in [6.45, 7) is 2.03. The molecule has 0 unspecified atom stereocenters. The van der Waals surface area contributed by atoms with Gasteiger partial charge in [-0.25, -0.2) is 5.10 Å². The molecule has 3 heterocycles. The van der Waals surface area contributed by atoms with Gasteiger partial charge in [-0.2, -0.15) is 9.78 Å². The summed E-state index contributed by atoms with van der Waals surface area (Å²) in [4.78, 5) is 12.6. The number of anilines is 2. The Kier molecular flexibility index (Phi) is 3.36. The summed E-state index contributed by atoms with van der Waals surface area (Å²) in [5, 5.41) is 21.9. The highest BCUT2D eigenvalue weighted by Gasteiger charge is 2.34. The molecule has 0 radical (unpaired) electrons. The van der Waals surface area contributed by atoms with Gasteiger partial charge in [0.1, 0.15) is 11.7 Å². The summed E-state index contributed by atoms with van der Waals surface area (Å²) in [6.07, 6.45) is 0. The molecule has 4 aromatic rings. The Labute approximate surface area is 153 Å². The molecule has 1 aliphatic rings. The van der Waals surface area contributed by atoms with E-state index < -0.39 is 0 Å². The number of aromatic nitrogens is 6. The van der Waals surface area contributed by atoms with E-state index in [0.29, 0.717) is 17.3 Å². The summed E-state index contributed by atoms with van der Waals surface area (Å²) in [5.74, 6) is 0.420. The van der Waals surface area contributed by atoms with E-state index in [1.807, 2.05) is 61.5 Å². The third kappa shape index (κ3) is 2.42. The molecule has 0 aliphatic carbocycles. The number of fused-ring (bicyclic) bond motifs is 2. The summed E-state index contributed by atoms with van der Waals surface area (Å²) >= 11 is 0. The summed E-state index contributed by atoms with van der Waals surface area (Å²) in [6, 6.07) is 17.5. The van der Waals surface area contributed by atoms with Gasteiger partial charge in [-0.05, 0) is 22.9 Å². The highest BCUT2D eigenvalue weighted by Crippen LogP contribution is 2.40. The maximum absolute atomic E-state index is 12.6. The highest BCUT2D eigenvalue weighted by molar-refractivity contribution is 5.75. The fourth-order valence-corrected chi connectivity index (χ4v) is 3.41. The first-order valence-electron chi connectivity index (χ1n) is 8.52. The van der Waals surface area contributed by atoms with Crippen LogP contribution in [0.1, 0.15) is 22.7 Å². The fourth-order valence-electron chi connectivity index (χ4n) is 3.41. The number of benzene rings is 2. The number of H-pyrrole nitrogens is 1. The molecule has 2 aromatic heterocycles. The molecule has 5 rings (SSSR count). The van der Waals surface area contributed by atoms with Crippen LogP contribution in [0, 0.1) is 6.92 Å². The molecule has 1 aliphatic heterocycles. The first kappa shape index (κ1) is 15.4. The van der Waals surface area contributed by atoms with Crippen LogP contribution in [0.2, 0.25) is 0 Å². The lowest BCUT2D eigenvalue weighted by Gasteiger charge is -2.27. The van der Waals surface area contributed by atoms with Gasteiger partial charge in [0.25, 0.3) is 5.56 Å². The van der Waals surface area contributed by atoms with Crippen LogP contribution in [0.15, 0.2) is 59.4 Å². The third-order valence-corrected chi connectivity index (χ3v) is 4.71. The lowest BCUT2D eigenvalue weighted by molar-refractivity contribution is 0.567. The second-order valence-corrected chi connectivity index (χ2v) is 6.44. The topological polar surface area (TPSA) is 101 Å². The van der Waals surface area contributed by atoms with E-state index in [9.17, 15) is 4.79 Å².